The van der Waals surface area contributed by atoms with E-state index in [9.17, 15) is 8.42 Å². The van der Waals surface area contributed by atoms with Crippen LogP contribution in [-0.4, -0.2) is 20.7 Å². The van der Waals surface area contributed by atoms with Crippen LogP contribution in [0.4, 0.5) is 0 Å². The summed E-state index contributed by atoms with van der Waals surface area (Å²) in [5.41, 5.74) is 0. The zero-order chi connectivity index (χ0) is 9.61. The van der Waals surface area contributed by atoms with Crippen molar-refractivity contribution in [1.29, 1.82) is 0 Å². The Kier molecular flexibility index (Phi) is 5.50. The predicted molar refractivity (Wildman–Crippen MR) is 51.5 cm³/mol. The molecule has 0 aliphatic heterocycles. The lowest BCUT2D eigenvalue weighted by Gasteiger charge is -2.06. The first-order valence-corrected chi connectivity index (χ1v) is 6.10. The number of hydrogen-bond donors (Lipinski definition) is 1. The van der Waals surface area contributed by atoms with Gasteiger partial charge in [0.2, 0.25) is 10.0 Å². The highest BCUT2D eigenvalue weighted by molar-refractivity contribution is 7.89. The second-order valence-corrected chi connectivity index (χ2v) is 5.32. The Hall–Kier alpha value is -0.0900. The molecule has 12 heavy (non-hydrogen) atoms. The molecule has 0 heterocycles. The summed E-state index contributed by atoms with van der Waals surface area (Å²) in [5, 5.41) is 0. The van der Waals surface area contributed by atoms with Crippen LogP contribution in [0.1, 0.15) is 33.6 Å². The maximum absolute atomic E-state index is 11.1. The molecular weight excluding hydrogens is 174 g/mol. The van der Waals surface area contributed by atoms with Crippen molar-refractivity contribution in [3.63, 3.8) is 0 Å². The van der Waals surface area contributed by atoms with Gasteiger partial charge in [-0.3, -0.25) is 0 Å². The summed E-state index contributed by atoms with van der Waals surface area (Å²) < 4.78 is 24.8. The van der Waals surface area contributed by atoms with E-state index >= 15 is 0 Å². The summed E-state index contributed by atoms with van der Waals surface area (Å²) in [4.78, 5) is 0. The van der Waals surface area contributed by atoms with Crippen LogP contribution in [0, 0.1) is 5.92 Å². The van der Waals surface area contributed by atoms with E-state index in [0.717, 1.165) is 6.42 Å². The van der Waals surface area contributed by atoms with Crippen molar-refractivity contribution < 1.29 is 8.42 Å². The van der Waals surface area contributed by atoms with E-state index in [0.29, 0.717) is 18.9 Å². The summed E-state index contributed by atoms with van der Waals surface area (Å²) >= 11 is 0. The molecule has 0 saturated heterocycles. The van der Waals surface area contributed by atoms with Crippen LogP contribution >= 0.6 is 0 Å². The van der Waals surface area contributed by atoms with Gasteiger partial charge in [-0.2, -0.15) is 0 Å². The lowest BCUT2D eigenvalue weighted by molar-refractivity contribution is 0.551. The van der Waals surface area contributed by atoms with Gasteiger partial charge in [0, 0.05) is 6.54 Å². The molecule has 0 spiro atoms. The van der Waals surface area contributed by atoms with E-state index in [2.05, 4.69) is 18.6 Å². The highest BCUT2D eigenvalue weighted by Crippen LogP contribution is 1.97. The van der Waals surface area contributed by atoms with E-state index in [1.165, 1.54) is 0 Å². The van der Waals surface area contributed by atoms with Gasteiger partial charge in [0.25, 0.3) is 0 Å². The van der Waals surface area contributed by atoms with E-state index in [1.54, 1.807) is 0 Å². The van der Waals surface area contributed by atoms with Gasteiger partial charge in [-0.05, 0) is 18.8 Å². The first-order chi connectivity index (χ1) is 5.48. The molecule has 0 saturated carbocycles. The van der Waals surface area contributed by atoms with Crippen LogP contribution in [-0.2, 0) is 10.0 Å². The van der Waals surface area contributed by atoms with Crippen LogP contribution in [0.3, 0.4) is 0 Å². The van der Waals surface area contributed by atoms with Crippen molar-refractivity contribution in [3.05, 3.63) is 0 Å². The van der Waals surface area contributed by atoms with E-state index < -0.39 is 10.0 Å². The molecule has 3 nitrogen and oxygen atoms in total. The lowest BCUT2D eigenvalue weighted by Crippen LogP contribution is -2.27. The zero-order valence-electron chi connectivity index (χ0n) is 8.13. The van der Waals surface area contributed by atoms with Crippen molar-refractivity contribution in [2.24, 2.45) is 5.92 Å². The lowest BCUT2D eigenvalue weighted by atomic mass is 10.1. The third-order valence-corrected chi connectivity index (χ3v) is 3.11. The standard InChI is InChI=1S/C8H19NO2S/c1-4-7-12(10,11)9-6-5-8(2)3/h8-9H,4-7H2,1-3H3. The van der Waals surface area contributed by atoms with Crippen LogP contribution in [0.25, 0.3) is 0 Å². The minimum atomic E-state index is -2.98. The molecule has 0 fully saturated rings. The Morgan fingerprint density at radius 3 is 2.33 bits per heavy atom. The number of nitrogens with one attached hydrogen (secondary N) is 1. The van der Waals surface area contributed by atoms with Gasteiger partial charge in [-0.25, -0.2) is 13.1 Å². The maximum atomic E-state index is 11.1. The molecule has 0 aromatic rings. The predicted octanol–water partition coefficient (Wildman–Crippen LogP) is 1.36. The Bertz CT molecular complexity index is 197. The fraction of sp³-hybridized carbons (Fsp3) is 1.00. The van der Waals surface area contributed by atoms with Gasteiger partial charge in [0.05, 0.1) is 5.75 Å². The molecule has 0 atom stereocenters. The molecule has 4 heteroatoms. The first-order valence-electron chi connectivity index (χ1n) is 4.45. The molecule has 1 N–H and O–H groups in total. The van der Waals surface area contributed by atoms with Crippen LogP contribution in [0.15, 0.2) is 0 Å². The van der Waals surface area contributed by atoms with E-state index in [4.69, 9.17) is 0 Å². The summed E-state index contributed by atoms with van der Waals surface area (Å²) in [5.74, 6) is 0.791. The second kappa shape index (κ2) is 5.54. The Morgan fingerprint density at radius 2 is 1.92 bits per heavy atom. The molecule has 0 bridgehead atoms. The van der Waals surface area contributed by atoms with Gasteiger partial charge >= 0.3 is 0 Å². The number of sulfonamides is 1. The summed E-state index contributed by atoms with van der Waals surface area (Å²) in [6, 6.07) is 0. The van der Waals surface area contributed by atoms with Crippen molar-refractivity contribution in [2.75, 3.05) is 12.3 Å². The van der Waals surface area contributed by atoms with Crippen molar-refractivity contribution in [3.8, 4) is 0 Å². The Morgan fingerprint density at radius 1 is 1.33 bits per heavy atom. The topological polar surface area (TPSA) is 46.2 Å². The minimum absolute atomic E-state index is 0.241. The number of rotatable bonds is 6. The molecule has 0 amide bonds. The van der Waals surface area contributed by atoms with E-state index in [-0.39, 0.29) is 5.75 Å². The second-order valence-electron chi connectivity index (χ2n) is 3.40. The Balaban J connectivity index is 3.62. The van der Waals surface area contributed by atoms with Gasteiger partial charge in [-0.15, -0.1) is 0 Å². The van der Waals surface area contributed by atoms with Gasteiger partial charge in [0.1, 0.15) is 0 Å². The first kappa shape index (κ1) is 11.9. The molecule has 0 rings (SSSR count). The summed E-state index contributed by atoms with van der Waals surface area (Å²) in [6.07, 6.45) is 1.58. The summed E-state index contributed by atoms with van der Waals surface area (Å²) in [6.45, 7) is 6.59. The highest BCUT2D eigenvalue weighted by Gasteiger charge is 2.06. The average Bonchev–Trinajstić information content (AvgIpc) is 1.85. The molecular formula is C8H19NO2S. The molecule has 0 aromatic heterocycles. The SMILES string of the molecule is CCCS(=O)(=O)NCCC(C)C. The quantitative estimate of drug-likeness (QED) is 0.692. The van der Waals surface area contributed by atoms with Crippen LogP contribution in [0.5, 0.6) is 0 Å². The van der Waals surface area contributed by atoms with Gasteiger partial charge < -0.3 is 0 Å². The fourth-order valence-corrected chi connectivity index (χ4v) is 1.95. The average molecular weight is 193 g/mol. The molecule has 0 aliphatic carbocycles. The van der Waals surface area contributed by atoms with Gasteiger partial charge in [-0.1, -0.05) is 20.8 Å². The molecule has 0 aliphatic rings. The minimum Gasteiger partial charge on any atom is -0.215 e. The van der Waals surface area contributed by atoms with E-state index in [1.807, 2.05) is 6.92 Å². The number of hydrogen-bond acceptors (Lipinski definition) is 2. The molecule has 0 unspecified atom stereocenters. The maximum Gasteiger partial charge on any atom is 0.211 e. The van der Waals surface area contributed by atoms with Gasteiger partial charge in [0.15, 0.2) is 0 Å². The monoisotopic (exact) mass is 193 g/mol. The fourth-order valence-electron chi connectivity index (χ4n) is 0.844. The normalized spacial score (nSPS) is 12.3. The third kappa shape index (κ3) is 6.61. The highest BCUT2D eigenvalue weighted by atomic mass is 32.2. The van der Waals surface area contributed by atoms with Crippen molar-refractivity contribution in [1.82, 2.24) is 4.72 Å². The largest absolute Gasteiger partial charge is 0.215 e. The Labute approximate surface area is 75.6 Å². The van der Waals surface area contributed by atoms with Crippen molar-refractivity contribution >= 4 is 10.0 Å². The molecule has 0 radical (unpaired) electrons. The third-order valence-electron chi connectivity index (χ3n) is 1.52. The smallest absolute Gasteiger partial charge is 0.211 e. The molecule has 74 valence electrons. The summed E-state index contributed by atoms with van der Waals surface area (Å²) in [7, 11) is -2.98. The van der Waals surface area contributed by atoms with Crippen LogP contribution < -0.4 is 4.72 Å². The zero-order valence-corrected chi connectivity index (χ0v) is 8.95. The van der Waals surface area contributed by atoms with Crippen molar-refractivity contribution in [2.45, 2.75) is 33.6 Å². The van der Waals surface area contributed by atoms with Crippen LogP contribution in [0.2, 0.25) is 0 Å². The molecule has 0 aromatic carbocycles.